The highest BCUT2D eigenvalue weighted by Gasteiger charge is 2.33. The van der Waals surface area contributed by atoms with Gasteiger partial charge in [-0.1, -0.05) is 12.1 Å². The third-order valence-corrected chi connectivity index (χ3v) is 2.76. The summed E-state index contributed by atoms with van der Waals surface area (Å²) in [7, 11) is 1.77. The number of aromatic nitrogens is 1. The number of hydrogen-bond acceptors (Lipinski definition) is 3. The largest absolute Gasteiger partial charge is 0.359 e. The van der Waals surface area contributed by atoms with E-state index in [1.807, 2.05) is 13.0 Å². The molecule has 88 valence electrons. The first kappa shape index (κ1) is 11.0. The summed E-state index contributed by atoms with van der Waals surface area (Å²) in [6.45, 7) is 4.75. The summed E-state index contributed by atoms with van der Waals surface area (Å²) in [5, 5.41) is 10.4. The molecule has 1 aromatic heterocycles. The average Bonchev–Trinajstić information content (AvgIpc) is 2.78. The lowest BCUT2D eigenvalue weighted by molar-refractivity contribution is 0.376. The molecule has 2 rings (SSSR count). The van der Waals surface area contributed by atoms with Crippen LogP contribution in [0.5, 0.6) is 0 Å². The normalized spacial score (nSPS) is 24.3. The molecule has 0 aliphatic heterocycles. The maximum atomic E-state index is 5.11. The fourth-order valence-corrected chi connectivity index (χ4v) is 1.56. The van der Waals surface area contributed by atoms with Gasteiger partial charge in [-0.05, 0) is 19.3 Å². The van der Waals surface area contributed by atoms with Gasteiger partial charge in [0, 0.05) is 19.2 Å². The van der Waals surface area contributed by atoms with Gasteiger partial charge in [-0.25, -0.2) is 0 Å². The molecule has 1 heterocycles. The summed E-state index contributed by atoms with van der Waals surface area (Å²) in [6.07, 6.45) is 1.22. The number of aryl methyl sites for hydroxylation is 1. The van der Waals surface area contributed by atoms with E-state index in [0.717, 1.165) is 23.3 Å². The Balaban J connectivity index is 1.79. The van der Waals surface area contributed by atoms with Crippen LogP contribution < -0.4 is 10.6 Å². The summed E-state index contributed by atoms with van der Waals surface area (Å²) in [5.74, 6) is 2.40. The molecule has 2 N–H and O–H groups in total. The third-order valence-electron chi connectivity index (χ3n) is 2.76. The zero-order valence-electron chi connectivity index (χ0n) is 9.95. The Morgan fingerprint density at radius 1 is 1.69 bits per heavy atom. The van der Waals surface area contributed by atoms with Gasteiger partial charge >= 0.3 is 0 Å². The molecule has 0 amide bonds. The van der Waals surface area contributed by atoms with Crippen molar-refractivity contribution >= 4 is 5.96 Å². The Morgan fingerprint density at radius 3 is 2.94 bits per heavy atom. The maximum Gasteiger partial charge on any atom is 0.191 e. The van der Waals surface area contributed by atoms with E-state index in [1.54, 1.807) is 7.05 Å². The second kappa shape index (κ2) is 4.55. The van der Waals surface area contributed by atoms with Crippen LogP contribution in [0.3, 0.4) is 0 Å². The highest BCUT2D eigenvalue weighted by atomic mass is 16.5. The molecule has 2 unspecified atom stereocenters. The van der Waals surface area contributed by atoms with Crippen molar-refractivity contribution < 1.29 is 4.52 Å². The predicted molar refractivity (Wildman–Crippen MR) is 62.1 cm³/mol. The second-order valence-corrected chi connectivity index (χ2v) is 4.32. The predicted octanol–water partition coefficient (Wildman–Crippen LogP) is 1.06. The first-order valence-corrected chi connectivity index (χ1v) is 5.58. The van der Waals surface area contributed by atoms with E-state index in [0.29, 0.717) is 12.6 Å². The van der Waals surface area contributed by atoms with Crippen LogP contribution in [0.2, 0.25) is 0 Å². The number of hydrogen-bond donors (Lipinski definition) is 2. The lowest BCUT2D eigenvalue weighted by Gasteiger charge is -2.09. The molecular weight excluding hydrogens is 204 g/mol. The molecule has 2 atom stereocenters. The zero-order chi connectivity index (χ0) is 11.5. The highest BCUT2D eigenvalue weighted by molar-refractivity contribution is 5.80. The van der Waals surface area contributed by atoms with Gasteiger partial charge in [-0.3, -0.25) is 4.99 Å². The number of aliphatic imine (C=N–C) groups is 1. The molecular formula is C11H18N4O. The van der Waals surface area contributed by atoms with Crippen molar-refractivity contribution in [1.29, 1.82) is 0 Å². The van der Waals surface area contributed by atoms with Crippen molar-refractivity contribution in [1.82, 2.24) is 15.8 Å². The topological polar surface area (TPSA) is 62.5 Å². The fourth-order valence-electron chi connectivity index (χ4n) is 1.56. The van der Waals surface area contributed by atoms with Crippen molar-refractivity contribution in [2.75, 3.05) is 7.05 Å². The van der Waals surface area contributed by atoms with Crippen LogP contribution in [0.4, 0.5) is 0 Å². The first-order valence-electron chi connectivity index (χ1n) is 5.58. The van der Waals surface area contributed by atoms with Crippen LogP contribution in [0, 0.1) is 12.8 Å². The molecule has 16 heavy (non-hydrogen) atoms. The number of rotatable bonds is 3. The summed E-state index contributed by atoms with van der Waals surface area (Å²) < 4.78 is 5.11. The molecule has 0 radical (unpaired) electrons. The van der Waals surface area contributed by atoms with Gasteiger partial charge < -0.3 is 15.2 Å². The number of guanidine groups is 1. The molecule has 5 nitrogen and oxygen atoms in total. The SMILES string of the molecule is CN=C(NCc1cc(C)no1)NC1CC1C. The lowest BCUT2D eigenvalue weighted by atomic mass is 10.4. The van der Waals surface area contributed by atoms with Crippen molar-refractivity contribution in [3.63, 3.8) is 0 Å². The van der Waals surface area contributed by atoms with Gasteiger partial charge in [-0.2, -0.15) is 0 Å². The first-order chi connectivity index (χ1) is 7.69. The van der Waals surface area contributed by atoms with Crippen LogP contribution >= 0.6 is 0 Å². The van der Waals surface area contributed by atoms with Crippen molar-refractivity contribution in [2.45, 2.75) is 32.9 Å². The molecule has 0 spiro atoms. The zero-order valence-corrected chi connectivity index (χ0v) is 9.95. The molecule has 0 aromatic carbocycles. The van der Waals surface area contributed by atoms with E-state index >= 15 is 0 Å². The van der Waals surface area contributed by atoms with Gasteiger partial charge in [0.15, 0.2) is 11.7 Å². The molecule has 1 aliphatic carbocycles. The van der Waals surface area contributed by atoms with E-state index in [1.165, 1.54) is 6.42 Å². The third kappa shape index (κ3) is 2.74. The Bertz CT molecular complexity index is 385. The van der Waals surface area contributed by atoms with E-state index in [-0.39, 0.29) is 0 Å². The Labute approximate surface area is 95.3 Å². The standard InChI is InChI=1S/C11H18N4O/c1-7-4-10(7)14-11(12-3)13-6-9-5-8(2)15-16-9/h5,7,10H,4,6H2,1-3H3,(H2,12,13,14). The van der Waals surface area contributed by atoms with Crippen LogP contribution in [0.1, 0.15) is 24.8 Å². The van der Waals surface area contributed by atoms with Gasteiger partial charge in [0.2, 0.25) is 0 Å². The molecule has 5 heteroatoms. The molecule has 1 aromatic rings. The summed E-state index contributed by atoms with van der Waals surface area (Å²) in [4.78, 5) is 4.16. The van der Waals surface area contributed by atoms with Crippen molar-refractivity contribution in [3.8, 4) is 0 Å². The second-order valence-electron chi connectivity index (χ2n) is 4.32. The van der Waals surface area contributed by atoms with Gasteiger partial charge in [-0.15, -0.1) is 0 Å². The number of nitrogens with one attached hydrogen (secondary N) is 2. The minimum absolute atomic E-state index is 0.572. The Morgan fingerprint density at radius 2 is 2.44 bits per heavy atom. The van der Waals surface area contributed by atoms with Crippen LogP contribution in [0.15, 0.2) is 15.6 Å². The van der Waals surface area contributed by atoms with Gasteiger partial charge in [0.25, 0.3) is 0 Å². The van der Waals surface area contributed by atoms with E-state index < -0.39 is 0 Å². The fraction of sp³-hybridized carbons (Fsp3) is 0.636. The van der Waals surface area contributed by atoms with Crippen LogP contribution in [-0.4, -0.2) is 24.2 Å². The highest BCUT2D eigenvalue weighted by Crippen LogP contribution is 2.28. The van der Waals surface area contributed by atoms with Crippen molar-refractivity contribution in [3.05, 3.63) is 17.5 Å². The Kier molecular flexibility index (Phi) is 3.12. The monoisotopic (exact) mass is 222 g/mol. The van der Waals surface area contributed by atoms with E-state index in [9.17, 15) is 0 Å². The molecule has 1 fully saturated rings. The smallest absolute Gasteiger partial charge is 0.191 e. The summed E-state index contributed by atoms with van der Waals surface area (Å²) >= 11 is 0. The lowest BCUT2D eigenvalue weighted by Crippen LogP contribution is -2.38. The quantitative estimate of drug-likeness (QED) is 0.593. The Hall–Kier alpha value is -1.52. The molecule has 0 bridgehead atoms. The maximum absolute atomic E-state index is 5.11. The van der Waals surface area contributed by atoms with Crippen molar-refractivity contribution in [2.24, 2.45) is 10.9 Å². The van der Waals surface area contributed by atoms with Crippen LogP contribution in [0.25, 0.3) is 0 Å². The van der Waals surface area contributed by atoms with Gasteiger partial charge in [0.05, 0.1) is 12.2 Å². The van der Waals surface area contributed by atoms with E-state index in [4.69, 9.17) is 4.52 Å². The number of nitrogens with zero attached hydrogens (tertiary/aromatic N) is 2. The molecule has 0 saturated heterocycles. The molecule has 1 aliphatic rings. The minimum Gasteiger partial charge on any atom is -0.359 e. The summed E-state index contributed by atoms with van der Waals surface area (Å²) in [6, 6.07) is 2.49. The van der Waals surface area contributed by atoms with E-state index in [2.05, 4.69) is 27.7 Å². The van der Waals surface area contributed by atoms with Crippen LogP contribution in [-0.2, 0) is 6.54 Å². The molecule has 1 saturated carbocycles. The average molecular weight is 222 g/mol. The summed E-state index contributed by atoms with van der Waals surface area (Å²) in [5.41, 5.74) is 0.899. The van der Waals surface area contributed by atoms with Gasteiger partial charge in [0.1, 0.15) is 0 Å². The minimum atomic E-state index is 0.572.